The number of halogens is 1. The minimum Gasteiger partial charge on any atom is -0.495 e. The van der Waals surface area contributed by atoms with E-state index in [2.05, 4.69) is 26.6 Å². The van der Waals surface area contributed by atoms with Crippen molar-refractivity contribution in [3.05, 3.63) is 22.2 Å². The number of hydrogen-bond donors (Lipinski definition) is 2. The zero-order valence-corrected chi connectivity index (χ0v) is 14.2. The van der Waals surface area contributed by atoms with E-state index in [0.717, 1.165) is 10.0 Å². The molecular weight excluding hydrogens is 360 g/mol. The van der Waals surface area contributed by atoms with Crippen LogP contribution in [-0.4, -0.2) is 39.1 Å². The number of benzene rings is 1. The Labute approximate surface area is 132 Å². The Hall–Kier alpha value is -1.28. The maximum atomic E-state index is 12.0. The molecule has 6 nitrogen and oxygen atoms in total. The highest BCUT2D eigenvalue weighted by molar-refractivity contribution is 9.10. The van der Waals surface area contributed by atoms with Gasteiger partial charge in [-0.15, -0.1) is 0 Å². The maximum absolute atomic E-state index is 12.0. The molecule has 21 heavy (non-hydrogen) atoms. The number of carbonyl (C=O) groups is 1. The fourth-order valence-electron chi connectivity index (χ4n) is 2.28. The van der Waals surface area contributed by atoms with Gasteiger partial charge in [0, 0.05) is 10.5 Å². The van der Waals surface area contributed by atoms with Gasteiger partial charge in [0.25, 0.3) is 0 Å². The van der Waals surface area contributed by atoms with Gasteiger partial charge in [0.05, 0.1) is 24.3 Å². The molecular formula is C13H17BrN2O4S. The first-order valence-corrected chi connectivity index (χ1v) is 9.04. The summed E-state index contributed by atoms with van der Waals surface area (Å²) in [6, 6.07) is 2.85. The van der Waals surface area contributed by atoms with Gasteiger partial charge >= 0.3 is 6.03 Å². The summed E-state index contributed by atoms with van der Waals surface area (Å²) in [5, 5.41) is 5.40. The molecule has 2 rings (SSSR count). The molecule has 8 heteroatoms. The molecule has 0 bridgehead atoms. The van der Waals surface area contributed by atoms with E-state index in [4.69, 9.17) is 4.74 Å². The number of ether oxygens (including phenoxy) is 1. The van der Waals surface area contributed by atoms with Crippen molar-refractivity contribution in [2.75, 3.05) is 23.9 Å². The van der Waals surface area contributed by atoms with Crippen LogP contribution in [-0.2, 0) is 9.84 Å². The summed E-state index contributed by atoms with van der Waals surface area (Å²) in [6.07, 6.45) is 0.451. The van der Waals surface area contributed by atoms with E-state index in [1.807, 2.05) is 13.0 Å². The van der Waals surface area contributed by atoms with Crippen LogP contribution in [0.2, 0.25) is 0 Å². The van der Waals surface area contributed by atoms with Gasteiger partial charge in [-0.1, -0.05) is 15.9 Å². The van der Waals surface area contributed by atoms with Crippen LogP contribution in [0.3, 0.4) is 0 Å². The minimum absolute atomic E-state index is 0.00310. The van der Waals surface area contributed by atoms with E-state index in [-0.39, 0.29) is 17.5 Å². The fourth-order valence-corrected chi connectivity index (χ4v) is 4.50. The number of anilines is 1. The molecule has 1 saturated heterocycles. The molecule has 2 N–H and O–H groups in total. The largest absolute Gasteiger partial charge is 0.495 e. The summed E-state index contributed by atoms with van der Waals surface area (Å²) in [7, 11) is -1.49. The van der Waals surface area contributed by atoms with Crippen LogP contribution < -0.4 is 15.4 Å². The Morgan fingerprint density at radius 2 is 2.14 bits per heavy atom. The Morgan fingerprint density at radius 1 is 1.43 bits per heavy atom. The van der Waals surface area contributed by atoms with E-state index >= 15 is 0 Å². The summed E-state index contributed by atoms with van der Waals surface area (Å²) in [5.41, 5.74) is 1.41. The van der Waals surface area contributed by atoms with Crippen molar-refractivity contribution in [2.24, 2.45) is 0 Å². The van der Waals surface area contributed by atoms with Gasteiger partial charge in [-0.2, -0.15) is 0 Å². The number of methoxy groups -OCH3 is 1. The molecule has 0 aliphatic carbocycles. The van der Waals surface area contributed by atoms with Crippen LogP contribution in [0.4, 0.5) is 10.5 Å². The Kier molecular flexibility index (Phi) is 4.77. The van der Waals surface area contributed by atoms with E-state index < -0.39 is 15.9 Å². The average Bonchev–Trinajstić information content (AvgIpc) is 2.71. The highest BCUT2D eigenvalue weighted by atomic mass is 79.9. The molecule has 1 unspecified atom stereocenters. The second kappa shape index (κ2) is 6.23. The molecule has 0 spiro atoms. The van der Waals surface area contributed by atoms with Crippen molar-refractivity contribution < 1.29 is 17.9 Å². The smallest absolute Gasteiger partial charge is 0.319 e. The number of nitrogens with one attached hydrogen (secondary N) is 2. The lowest BCUT2D eigenvalue weighted by molar-refractivity contribution is 0.249. The average molecular weight is 377 g/mol. The van der Waals surface area contributed by atoms with Crippen LogP contribution >= 0.6 is 15.9 Å². The second-order valence-electron chi connectivity index (χ2n) is 5.00. The van der Waals surface area contributed by atoms with Crippen LogP contribution in [0.15, 0.2) is 16.6 Å². The normalized spacial score (nSPS) is 20.0. The van der Waals surface area contributed by atoms with Gasteiger partial charge in [0.15, 0.2) is 9.84 Å². The van der Waals surface area contributed by atoms with Crippen LogP contribution in [0.5, 0.6) is 5.75 Å². The van der Waals surface area contributed by atoms with E-state index in [0.29, 0.717) is 17.9 Å². The Bertz CT molecular complexity index is 660. The monoisotopic (exact) mass is 376 g/mol. The molecule has 1 aromatic carbocycles. The molecule has 1 atom stereocenters. The lowest BCUT2D eigenvalue weighted by Gasteiger charge is -2.16. The first-order chi connectivity index (χ1) is 9.80. The molecule has 2 amide bonds. The van der Waals surface area contributed by atoms with Gasteiger partial charge < -0.3 is 15.4 Å². The third kappa shape index (κ3) is 4.10. The molecule has 1 heterocycles. The van der Waals surface area contributed by atoms with Gasteiger partial charge in [0.2, 0.25) is 0 Å². The van der Waals surface area contributed by atoms with Crippen molar-refractivity contribution in [1.82, 2.24) is 5.32 Å². The van der Waals surface area contributed by atoms with Crippen molar-refractivity contribution in [3.8, 4) is 5.75 Å². The van der Waals surface area contributed by atoms with Gasteiger partial charge in [-0.25, -0.2) is 13.2 Å². The van der Waals surface area contributed by atoms with Crippen LogP contribution in [0, 0.1) is 6.92 Å². The molecule has 1 aliphatic rings. The number of hydrogen-bond acceptors (Lipinski definition) is 4. The number of carbonyl (C=O) groups excluding carboxylic acids is 1. The van der Waals surface area contributed by atoms with E-state index in [1.165, 1.54) is 7.11 Å². The first-order valence-electron chi connectivity index (χ1n) is 6.43. The van der Waals surface area contributed by atoms with E-state index in [1.54, 1.807) is 6.07 Å². The number of sulfone groups is 1. The molecule has 0 radical (unpaired) electrons. The van der Waals surface area contributed by atoms with Crippen molar-refractivity contribution in [3.63, 3.8) is 0 Å². The van der Waals surface area contributed by atoms with Crippen molar-refractivity contribution in [1.29, 1.82) is 0 Å². The van der Waals surface area contributed by atoms with Crippen molar-refractivity contribution >= 4 is 37.5 Å². The second-order valence-corrected chi connectivity index (χ2v) is 8.14. The third-order valence-electron chi connectivity index (χ3n) is 3.29. The van der Waals surface area contributed by atoms with E-state index in [9.17, 15) is 13.2 Å². The van der Waals surface area contributed by atoms with Gasteiger partial charge in [-0.05, 0) is 31.0 Å². The number of aryl methyl sites for hydroxylation is 1. The Morgan fingerprint density at radius 3 is 2.71 bits per heavy atom. The topological polar surface area (TPSA) is 84.5 Å². The summed E-state index contributed by atoms with van der Waals surface area (Å²) in [4.78, 5) is 12.0. The predicted octanol–water partition coefficient (Wildman–Crippen LogP) is 2.07. The molecule has 1 fully saturated rings. The zero-order valence-electron chi connectivity index (χ0n) is 11.8. The quantitative estimate of drug-likeness (QED) is 0.845. The SMILES string of the molecule is COc1cc(Br)cc(C)c1NC(=O)NC1CCS(=O)(=O)C1. The predicted molar refractivity (Wildman–Crippen MR) is 84.6 cm³/mol. The third-order valence-corrected chi connectivity index (χ3v) is 5.52. The van der Waals surface area contributed by atoms with Crippen LogP contribution in [0.25, 0.3) is 0 Å². The summed E-state index contributed by atoms with van der Waals surface area (Å²) >= 11 is 3.36. The van der Waals surface area contributed by atoms with Crippen molar-refractivity contribution in [2.45, 2.75) is 19.4 Å². The summed E-state index contributed by atoms with van der Waals surface area (Å²) < 4.78 is 28.8. The van der Waals surface area contributed by atoms with Crippen LogP contribution in [0.1, 0.15) is 12.0 Å². The molecule has 0 aromatic heterocycles. The molecule has 0 saturated carbocycles. The number of urea groups is 1. The fraction of sp³-hybridized carbons (Fsp3) is 0.462. The standard InChI is InChI=1S/C13H17BrN2O4S/c1-8-5-9(14)6-11(20-2)12(8)16-13(17)15-10-3-4-21(18,19)7-10/h5-6,10H,3-4,7H2,1-2H3,(H2,15,16,17). The Balaban J connectivity index is 2.07. The lowest BCUT2D eigenvalue weighted by atomic mass is 10.2. The highest BCUT2D eigenvalue weighted by Crippen LogP contribution is 2.32. The lowest BCUT2D eigenvalue weighted by Crippen LogP contribution is -2.38. The highest BCUT2D eigenvalue weighted by Gasteiger charge is 2.29. The first kappa shape index (κ1) is 16.1. The minimum atomic E-state index is -3.01. The molecule has 1 aromatic rings. The van der Waals surface area contributed by atoms with Gasteiger partial charge in [0.1, 0.15) is 5.75 Å². The number of rotatable bonds is 3. The summed E-state index contributed by atoms with van der Waals surface area (Å²) in [6.45, 7) is 1.85. The summed E-state index contributed by atoms with van der Waals surface area (Å²) in [5.74, 6) is 0.659. The zero-order chi connectivity index (χ0) is 15.6. The van der Waals surface area contributed by atoms with Gasteiger partial charge in [-0.3, -0.25) is 0 Å². The molecule has 116 valence electrons. The molecule has 1 aliphatic heterocycles. The number of amides is 2. The maximum Gasteiger partial charge on any atom is 0.319 e.